The molecule has 0 aliphatic carbocycles. The van der Waals surface area contributed by atoms with Gasteiger partial charge in [-0.05, 0) is 18.2 Å². The minimum absolute atomic E-state index is 0.177. The highest BCUT2D eigenvalue weighted by Gasteiger charge is 2.14. The highest BCUT2D eigenvalue weighted by Crippen LogP contribution is 2.18. The highest BCUT2D eigenvalue weighted by molar-refractivity contribution is 7.89. The van der Waals surface area contributed by atoms with E-state index in [-0.39, 0.29) is 18.0 Å². The third-order valence-corrected chi connectivity index (χ3v) is 3.53. The Hall–Kier alpha value is -1.44. The van der Waals surface area contributed by atoms with Crippen LogP contribution in [0.15, 0.2) is 33.8 Å². The molecule has 0 atom stereocenters. The molecule has 1 aromatic carbocycles. The van der Waals surface area contributed by atoms with E-state index in [1.807, 2.05) is 0 Å². The Morgan fingerprint density at radius 3 is 3.00 bits per heavy atom. The Bertz CT molecular complexity index is 591. The maximum atomic E-state index is 11.7. The predicted molar refractivity (Wildman–Crippen MR) is 58.3 cm³/mol. The van der Waals surface area contributed by atoms with Gasteiger partial charge in [0, 0.05) is 18.5 Å². The Morgan fingerprint density at radius 1 is 1.44 bits per heavy atom. The molecule has 0 spiro atoms. The number of sulfonamides is 1. The van der Waals surface area contributed by atoms with E-state index in [1.54, 1.807) is 6.07 Å². The smallest absolute Gasteiger partial charge is 0.240 e. The van der Waals surface area contributed by atoms with Crippen molar-refractivity contribution in [1.82, 2.24) is 9.88 Å². The van der Waals surface area contributed by atoms with Crippen LogP contribution in [-0.2, 0) is 10.0 Å². The second kappa shape index (κ2) is 4.20. The van der Waals surface area contributed by atoms with Gasteiger partial charge in [-0.3, -0.25) is 0 Å². The lowest BCUT2D eigenvalue weighted by atomic mass is 10.3. The van der Waals surface area contributed by atoms with Gasteiger partial charge in [-0.15, -0.1) is 0 Å². The van der Waals surface area contributed by atoms with Crippen molar-refractivity contribution in [2.75, 3.05) is 13.1 Å². The van der Waals surface area contributed by atoms with E-state index in [0.29, 0.717) is 11.0 Å². The summed E-state index contributed by atoms with van der Waals surface area (Å²) >= 11 is 0. The molecule has 2 aromatic rings. The molecule has 16 heavy (non-hydrogen) atoms. The fourth-order valence-electron chi connectivity index (χ4n) is 1.29. The first kappa shape index (κ1) is 11.1. The molecule has 1 heterocycles. The van der Waals surface area contributed by atoms with E-state index in [4.69, 9.17) is 10.3 Å². The standard InChI is InChI=1S/C9H11N3O3S/c10-3-4-12-16(13,14)8-1-2-9-7(5-8)6-11-15-9/h1-2,5-6,12H,3-4,10H2. The molecule has 86 valence electrons. The zero-order valence-corrected chi connectivity index (χ0v) is 9.20. The molecular formula is C9H11N3O3S. The summed E-state index contributed by atoms with van der Waals surface area (Å²) in [5, 5.41) is 4.23. The molecule has 0 fully saturated rings. The quantitative estimate of drug-likeness (QED) is 0.789. The lowest BCUT2D eigenvalue weighted by Crippen LogP contribution is -2.29. The van der Waals surface area contributed by atoms with Gasteiger partial charge < -0.3 is 10.3 Å². The molecule has 1 aromatic heterocycles. The van der Waals surface area contributed by atoms with Crippen LogP contribution in [-0.4, -0.2) is 26.7 Å². The van der Waals surface area contributed by atoms with Crippen LogP contribution in [0.5, 0.6) is 0 Å². The monoisotopic (exact) mass is 241 g/mol. The van der Waals surface area contributed by atoms with E-state index in [0.717, 1.165) is 0 Å². The van der Waals surface area contributed by atoms with Gasteiger partial charge in [0.2, 0.25) is 10.0 Å². The van der Waals surface area contributed by atoms with Crippen molar-refractivity contribution in [2.45, 2.75) is 4.90 Å². The average Bonchev–Trinajstić information content (AvgIpc) is 2.73. The van der Waals surface area contributed by atoms with Crippen molar-refractivity contribution >= 4 is 21.0 Å². The van der Waals surface area contributed by atoms with Crippen LogP contribution in [0.2, 0.25) is 0 Å². The number of hydrogen-bond acceptors (Lipinski definition) is 5. The van der Waals surface area contributed by atoms with E-state index < -0.39 is 10.0 Å². The summed E-state index contributed by atoms with van der Waals surface area (Å²) in [5.74, 6) is 0. The summed E-state index contributed by atoms with van der Waals surface area (Å²) in [5.41, 5.74) is 5.79. The van der Waals surface area contributed by atoms with Gasteiger partial charge in [-0.25, -0.2) is 13.1 Å². The van der Waals surface area contributed by atoms with Crippen LogP contribution in [0.4, 0.5) is 0 Å². The molecule has 0 radical (unpaired) electrons. The van der Waals surface area contributed by atoms with Crippen molar-refractivity contribution in [3.05, 3.63) is 24.4 Å². The molecule has 0 unspecified atom stereocenters. The fraction of sp³-hybridized carbons (Fsp3) is 0.222. The van der Waals surface area contributed by atoms with E-state index in [9.17, 15) is 8.42 Å². The minimum atomic E-state index is -3.49. The van der Waals surface area contributed by atoms with E-state index in [1.165, 1.54) is 18.3 Å². The molecule has 2 rings (SSSR count). The molecule has 0 aliphatic heterocycles. The van der Waals surface area contributed by atoms with Crippen molar-refractivity contribution in [3.8, 4) is 0 Å². The predicted octanol–water partition coefficient (Wildman–Crippen LogP) is 0.0648. The average molecular weight is 241 g/mol. The summed E-state index contributed by atoms with van der Waals surface area (Å²) < 4.78 is 30.7. The van der Waals surface area contributed by atoms with Crippen LogP contribution in [0.25, 0.3) is 11.0 Å². The van der Waals surface area contributed by atoms with Crippen molar-refractivity contribution in [2.24, 2.45) is 5.73 Å². The van der Waals surface area contributed by atoms with Gasteiger partial charge in [0.15, 0.2) is 5.58 Å². The number of fused-ring (bicyclic) bond motifs is 1. The van der Waals surface area contributed by atoms with Gasteiger partial charge in [-0.1, -0.05) is 5.16 Å². The first-order chi connectivity index (χ1) is 7.63. The summed E-state index contributed by atoms with van der Waals surface area (Å²) in [6.07, 6.45) is 1.47. The van der Waals surface area contributed by atoms with Crippen molar-refractivity contribution in [1.29, 1.82) is 0 Å². The Balaban J connectivity index is 2.39. The first-order valence-corrected chi connectivity index (χ1v) is 6.16. The lowest BCUT2D eigenvalue weighted by Gasteiger charge is -2.04. The van der Waals surface area contributed by atoms with Crippen LogP contribution in [0, 0.1) is 0 Å². The third kappa shape index (κ3) is 2.06. The van der Waals surface area contributed by atoms with Crippen molar-refractivity contribution in [3.63, 3.8) is 0 Å². The Morgan fingerprint density at radius 2 is 2.25 bits per heavy atom. The normalized spacial score (nSPS) is 12.1. The van der Waals surface area contributed by atoms with Crippen LogP contribution >= 0.6 is 0 Å². The first-order valence-electron chi connectivity index (χ1n) is 4.67. The third-order valence-electron chi connectivity index (χ3n) is 2.07. The number of nitrogens with zero attached hydrogens (tertiary/aromatic N) is 1. The number of aromatic nitrogens is 1. The second-order valence-electron chi connectivity index (χ2n) is 3.21. The van der Waals surface area contributed by atoms with Crippen LogP contribution in [0.1, 0.15) is 0 Å². The number of benzene rings is 1. The Labute approximate surface area is 92.5 Å². The molecular weight excluding hydrogens is 230 g/mol. The number of nitrogens with one attached hydrogen (secondary N) is 1. The second-order valence-corrected chi connectivity index (χ2v) is 4.98. The maximum absolute atomic E-state index is 11.7. The molecule has 0 aliphatic rings. The molecule has 7 heteroatoms. The van der Waals surface area contributed by atoms with Crippen molar-refractivity contribution < 1.29 is 12.9 Å². The number of hydrogen-bond donors (Lipinski definition) is 2. The highest BCUT2D eigenvalue weighted by atomic mass is 32.2. The molecule has 0 saturated carbocycles. The summed E-state index contributed by atoms with van der Waals surface area (Å²) in [6.45, 7) is 0.471. The SMILES string of the molecule is NCCNS(=O)(=O)c1ccc2oncc2c1. The number of rotatable bonds is 4. The molecule has 6 nitrogen and oxygen atoms in total. The number of nitrogens with two attached hydrogens (primary N) is 1. The van der Waals surface area contributed by atoms with Gasteiger partial charge >= 0.3 is 0 Å². The van der Waals surface area contributed by atoms with Gasteiger partial charge in [0.1, 0.15) is 0 Å². The topological polar surface area (TPSA) is 98.2 Å². The maximum Gasteiger partial charge on any atom is 0.240 e. The molecule has 0 bridgehead atoms. The summed E-state index contributed by atoms with van der Waals surface area (Å²) in [6, 6.07) is 4.54. The molecule has 0 amide bonds. The lowest BCUT2D eigenvalue weighted by molar-refractivity contribution is 0.456. The summed E-state index contributed by atoms with van der Waals surface area (Å²) in [7, 11) is -3.49. The largest absolute Gasteiger partial charge is 0.356 e. The zero-order valence-electron chi connectivity index (χ0n) is 8.38. The molecule has 0 saturated heterocycles. The minimum Gasteiger partial charge on any atom is -0.356 e. The van der Waals surface area contributed by atoms with E-state index in [2.05, 4.69) is 9.88 Å². The fourth-order valence-corrected chi connectivity index (χ4v) is 2.38. The molecule has 3 N–H and O–H groups in total. The zero-order chi connectivity index (χ0) is 11.6. The van der Waals surface area contributed by atoms with Gasteiger partial charge in [0.05, 0.1) is 11.1 Å². The van der Waals surface area contributed by atoms with Crippen LogP contribution in [0.3, 0.4) is 0 Å². The van der Waals surface area contributed by atoms with Crippen LogP contribution < -0.4 is 10.5 Å². The summed E-state index contributed by atoms with van der Waals surface area (Å²) in [4.78, 5) is 0.177. The van der Waals surface area contributed by atoms with Gasteiger partial charge in [-0.2, -0.15) is 0 Å². The Kier molecular flexibility index (Phi) is 2.90. The van der Waals surface area contributed by atoms with E-state index >= 15 is 0 Å². The van der Waals surface area contributed by atoms with Gasteiger partial charge in [0.25, 0.3) is 0 Å².